The second kappa shape index (κ2) is 4.10. The third-order valence-electron chi connectivity index (χ3n) is 2.98. The van der Waals surface area contributed by atoms with Crippen molar-refractivity contribution in [2.75, 3.05) is 11.4 Å². The zero-order chi connectivity index (χ0) is 12.7. The zero-order valence-corrected chi connectivity index (χ0v) is 10.2. The fourth-order valence-electron chi connectivity index (χ4n) is 2.13. The topological polar surface area (TPSA) is 40.5 Å². The molecule has 92 valence electrons. The third-order valence-corrected chi connectivity index (χ3v) is 3.89. The number of halogens is 1. The SMILES string of the molecule is O=C(c1cc(O)cs1)N1CCc2ccc(F)cc21. The minimum absolute atomic E-state index is 0.0852. The Morgan fingerprint density at radius 1 is 1.39 bits per heavy atom. The molecule has 0 saturated carbocycles. The molecule has 1 aliphatic rings. The molecule has 3 nitrogen and oxygen atoms in total. The molecule has 0 bridgehead atoms. The molecule has 1 aromatic carbocycles. The number of thiophene rings is 1. The minimum atomic E-state index is -0.345. The van der Waals surface area contributed by atoms with Crippen LogP contribution in [0, 0.1) is 5.82 Å². The highest BCUT2D eigenvalue weighted by Crippen LogP contribution is 2.31. The molecule has 0 spiro atoms. The fourth-order valence-corrected chi connectivity index (χ4v) is 2.85. The summed E-state index contributed by atoms with van der Waals surface area (Å²) in [6, 6.07) is 5.94. The van der Waals surface area contributed by atoms with Crippen LogP contribution in [-0.4, -0.2) is 17.6 Å². The minimum Gasteiger partial charge on any atom is -0.507 e. The fraction of sp³-hybridized carbons (Fsp3) is 0.154. The van der Waals surface area contributed by atoms with Crippen LogP contribution >= 0.6 is 11.3 Å². The van der Waals surface area contributed by atoms with Gasteiger partial charge in [0.2, 0.25) is 0 Å². The molecule has 1 amide bonds. The number of benzene rings is 1. The van der Waals surface area contributed by atoms with Gasteiger partial charge in [-0.1, -0.05) is 6.07 Å². The van der Waals surface area contributed by atoms with Crippen molar-refractivity contribution in [2.45, 2.75) is 6.42 Å². The average Bonchev–Trinajstić information content (AvgIpc) is 2.94. The smallest absolute Gasteiger partial charge is 0.268 e. The molecular formula is C13H10FNO2S. The molecule has 3 rings (SSSR count). The number of fused-ring (bicyclic) bond motifs is 1. The van der Waals surface area contributed by atoms with Crippen molar-refractivity contribution < 1.29 is 14.3 Å². The van der Waals surface area contributed by atoms with Crippen molar-refractivity contribution in [1.29, 1.82) is 0 Å². The molecular weight excluding hydrogens is 253 g/mol. The Morgan fingerprint density at radius 3 is 2.94 bits per heavy atom. The summed E-state index contributed by atoms with van der Waals surface area (Å²) in [6.07, 6.45) is 0.735. The largest absolute Gasteiger partial charge is 0.507 e. The van der Waals surface area contributed by atoms with Crippen LogP contribution in [0.5, 0.6) is 5.75 Å². The predicted molar refractivity (Wildman–Crippen MR) is 67.8 cm³/mol. The van der Waals surface area contributed by atoms with Gasteiger partial charge in [0, 0.05) is 18.0 Å². The van der Waals surface area contributed by atoms with Crippen LogP contribution in [0.4, 0.5) is 10.1 Å². The third kappa shape index (κ3) is 1.76. The molecule has 0 fully saturated rings. The number of carbonyl (C=O) groups is 1. The first-order chi connectivity index (χ1) is 8.65. The second-order valence-electron chi connectivity index (χ2n) is 4.15. The van der Waals surface area contributed by atoms with Gasteiger partial charge in [-0.3, -0.25) is 4.79 Å². The number of amides is 1. The van der Waals surface area contributed by atoms with Crippen LogP contribution in [0.1, 0.15) is 15.2 Å². The van der Waals surface area contributed by atoms with Gasteiger partial charge in [0.15, 0.2) is 0 Å². The summed E-state index contributed by atoms with van der Waals surface area (Å²) in [6.45, 7) is 0.552. The van der Waals surface area contributed by atoms with E-state index in [4.69, 9.17) is 0 Å². The zero-order valence-electron chi connectivity index (χ0n) is 9.39. The Bertz CT molecular complexity index is 623. The van der Waals surface area contributed by atoms with E-state index in [1.54, 1.807) is 11.0 Å². The van der Waals surface area contributed by atoms with E-state index in [9.17, 15) is 14.3 Å². The summed E-state index contributed by atoms with van der Waals surface area (Å²) in [5.41, 5.74) is 1.61. The Kier molecular flexibility index (Phi) is 2.56. The van der Waals surface area contributed by atoms with Crippen molar-refractivity contribution in [2.24, 2.45) is 0 Å². The highest BCUT2D eigenvalue weighted by atomic mass is 32.1. The maximum absolute atomic E-state index is 13.2. The summed E-state index contributed by atoms with van der Waals surface area (Å²) in [5.74, 6) is -0.450. The Labute approximate surface area is 107 Å². The van der Waals surface area contributed by atoms with Gasteiger partial charge in [0.1, 0.15) is 11.6 Å². The van der Waals surface area contributed by atoms with Crippen molar-refractivity contribution >= 4 is 22.9 Å². The predicted octanol–water partition coefficient (Wildman–Crippen LogP) is 2.80. The van der Waals surface area contributed by atoms with Crippen LogP contribution < -0.4 is 4.90 Å². The van der Waals surface area contributed by atoms with Crippen LogP contribution in [0.15, 0.2) is 29.6 Å². The van der Waals surface area contributed by atoms with E-state index in [1.807, 2.05) is 0 Å². The average molecular weight is 263 g/mol. The first-order valence-electron chi connectivity index (χ1n) is 5.53. The van der Waals surface area contributed by atoms with E-state index in [0.29, 0.717) is 17.1 Å². The van der Waals surface area contributed by atoms with Gasteiger partial charge >= 0.3 is 0 Å². The van der Waals surface area contributed by atoms with E-state index in [1.165, 1.54) is 34.9 Å². The van der Waals surface area contributed by atoms with Gasteiger partial charge in [-0.15, -0.1) is 11.3 Å². The highest BCUT2D eigenvalue weighted by Gasteiger charge is 2.26. The molecule has 0 saturated heterocycles. The Balaban J connectivity index is 1.96. The van der Waals surface area contributed by atoms with Gasteiger partial charge in [-0.2, -0.15) is 0 Å². The van der Waals surface area contributed by atoms with Crippen molar-refractivity contribution in [3.63, 3.8) is 0 Å². The number of nitrogens with zero attached hydrogens (tertiary/aromatic N) is 1. The molecule has 0 radical (unpaired) electrons. The van der Waals surface area contributed by atoms with Gasteiger partial charge < -0.3 is 10.0 Å². The van der Waals surface area contributed by atoms with E-state index >= 15 is 0 Å². The molecule has 1 aromatic heterocycles. The lowest BCUT2D eigenvalue weighted by Gasteiger charge is -2.16. The first kappa shape index (κ1) is 11.2. The number of hydrogen-bond acceptors (Lipinski definition) is 3. The van der Waals surface area contributed by atoms with E-state index in [-0.39, 0.29) is 17.5 Å². The second-order valence-corrected chi connectivity index (χ2v) is 5.06. The molecule has 1 aliphatic heterocycles. The van der Waals surface area contributed by atoms with E-state index in [0.717, 1.165) is 12.0 Å². The van der Waals surface area contributed by atoms with Gasteiger partial charge in [0.25, 0.3) is 5.91 Å². The number of aromatic hydroxyl groups is 1. The molecule has 1 N–H and O–H groups in total. The summed E-state index contributed by atoms with van der Waals surface area (Å²) in [5, 5.41) is 10.8. The van der Waals surface area contributed by atoms with Gasteiger partial charge in [0.05, 0.1) is 10.6 Å². The Morgan fingerprint density at radius 2 is 2.22 bits per heavy atom. The van der Waals surface area contributed by atoms with Crippen LogP contribution in [0.25, 0.3) is 0 Å². The Hall–Kier alpha value is -1.88. The monoisotopic (exact) mass is 263 g/mol. The van der Waals surface area contributed by atoms with Crippen LogP contribution in [0.2, 0.25) is 0 Å². The lowest BCUT2D eigenvalue weighted by atomic mass is 10.2. The van der Waals surface area contributed by atoms with E-state index in [2.05, 4.69) is 0 Å². The molecule has 5 heteroatoms. The standard InChI is InChI=1S/C13H10FNO2S/c14-9-2-1-8-3-4-15(11(8)5-9)13(17)12-6-10(16)7-18-12/h1-2,5-7,16H,3-4H2. The lowest BCUT2D eigenvalue weighted by molar-refractivity contribution is 0.0993. The summed E-state index contributed by atoms with van der Waals surface area (Å²) in [7, 11) is 0. The summed E-state index contributed by atoms with van der Waals surface area (Å²) >= 11 is 1.19. The molecule has 0 unspecified atom stereocenters. The molecule has 0 atom stereocenters. The molecule has 2 aromatic rings. The van der Waals surface area contributed by atoms with Crippen molar-refractivity contribution in [1.82, 2.24) is 0 Å². The quantitative estimate of drug-likeness (QED) is 0.859. The molecule has 0 aliphatic carbocycles. The maximum Gasteiger partial charge on any atom is 0.268 e. The molecule has 2 heterocycles. The number of carbonyl (C=O) groups excluding carboxylic acids is 1. The molecule has 18 heavy (non-hydrogen) atoms. The number of anilines is 1. The maximum atomic E-state index is 13.2. The normalized spacial score (nSPS) is 13.7. The van der Waals surface area contributed by atoms with Gasteiger partial charge in [-0.25, -0.2) is 4.39 Å². The number of rotatable bonds is 1. The first-order valence-corrected chi connectivity index (χ1v) is 6.41. The highest BCUT2D eigenvalue weighted by molar-refractivity contribution is 7.12. The van der Waals surface area contributed by atoms with Gasteiger partial charge in [-0.05, 0) is 24.1 Å². The van der Waals surface area contributed by atoms with Crippen LogP contribution in [0.3, 0.4) is 0 Å². The van der Waals surface area contributed by atoms with Crippen molar-refractivity contribution in [3.05, 3.63) is 45.9 Å². The van der Waals surface area contributed by atoms with Crippen LogP contribution in [-0.2, 0) is 6.42 Å². The summed E-state index contributed by atoms with van der Waals surface area (Å²) < 4.78 is 13.2. The van der Waals surface area contributed by atoms with Crippen molar-refractivity contribution in [3.8, 4) is 5.75 Å². The van der Waals surface area contributed by atoms with E-state index < -0.39 is 0 Å². The number of hydrogen-bond donors (Lipinski definition) is 1. The summed E-state index contributed by atoms with van der Waals surface area (Å²) in [4.78, 5) is 14.3. The lowest BCUT2D eigenvalue weighted by Crippen LogP contribution is -2.28.